The molecule has 14 heteroatoms. The molecule has 0 unspecified atom stereocenters. The minimum Gasteiger partial charge on any atom is -0.481 e. The van der Waals surface area contributed by atoms with E-state index in [1.54, 1.807) is 30.3 Å². The SMILES string of the molecule is O=C(O)CC[C@H](NC(=O)c1cc(OCC(=O)N2CCC[C@H]2C(=O)NCCF)n(-c2ccccc2)n1)C(=O)O. The number of aliphatic carboxylic acids is 2. The van der Waals surface area contributed by atoms with Crippen molar-refractivity contribution in [3.05, 3.63) is 42.1 Å². The lowest BCUT2D eigenvalue weighted by Crippen LogP contribution is -2.47. The number of carboxylic acids is 2. The quantitative estimate of drug-likeness (QED) is 0.283. The van der Waals surface area contributed by atoms with Gasteiger partial charge in [0.15, 0.2) is 12.3 Å². The Hall–Kier alpha value is -4.49. The highest BCUT2D eigenvalue weighted by Gasteiger charge is 2.34. The van der Waals surface area contributed by atoms with Gasteiger partial charge in [0.25, 0.3) is 11.8 Å². The summed E-state index contributed by atoms with van der Waals surface area (Å²) in [5.74, 6) is -4.42. The Kier molecular flexibility index (Phi) is 9.73. The lowest BCUT2D eigenvalue weighted by molar-refractivity contribution is -0.140. The molecule has 4 N–H and O–H groups in total. The highest BCUT2D eigenvalue weighted by Crippen LogP contribution is 2.22. The minimum atomic E-state index is -1.46. The zero-order valence-electron chi connectivity index (χ0n) is 20.3. The summed E-state index contributed by atoms with van der Waals surface area (Å²) in [4.78, 5) is 61.5. The van der Waals surface area contributed by atoms with Crippen molar-refractivity contribution in [1.29, 1.82) is 0 Å². The van der Waals surface area contributed by atoms with E-state index < -0.39 is 61.4 Å². The molecule has 0 spiro atoms. The van der Waals surface area contributed by atoms with Crippen LogP contribution in [-0.4, -0.2) is 93.0 Å². The number of rotatable bonds is 13. The van der Waals surface area contributed by atoms with E-state index in [9.17, 15) is 33.5 Å². The molecule has 3 rings (SSSR count). The number of alkyl halides is 1. The number of hydrogen-bond acceptors (Lipinski definition) is 7. The highest BCUT2D eigenvalue weighted by atomic mass is 19.1. The van der Waals surface area contributed by atoms with Gasteiger partial charge in [-0.15, -0.1) is 0 Å². The van der Waals surface area contributed by atoms with Crippen molar-refractivity contribution in [3.8, 4) is 11.6 Å². The van der Waals surface area contributed by atoms with Crippen LogP contribution in [0.1, 0.15) is 36.2 Å². The summed E-state index contributed by atoms with van der Waals surface area (Å²) in [7, 11) is 0. The molecular formula is C24H28FN5O8. The molecule has 1 aliphatic rings. The molecule has 2 heterocycles. The van der Waals surface area contributed by atoms with Gasteiger partial charge in [0.2, 0.25) is 11.8 Å². The molecule has 1 aliphatic heterocycles. The van der Waals surface area contributed by atoms with Crippen LogP contribution in [0.3, 0.4) is 0 Å². The number of hydrogen-bond donors (Lipinski definition) is 4. The van der Waals surface area contributed by atoms with Crippen molar-refractivity contribution < 1.29 is 43.3 Å². The number of carboxylic acid groups (broad SMARTS) is 2. The lowest BCUT2D eigenvalue weighted by Gasteiger charge is -2.23. The smallest absolute Gasteiger partial charge is 0.326 e. The molecule has 0 saturated carbocycles. The highest BCUT2D eigenvalue weighted by molar-refractivity contribution is 5.95. The van der Waals surface area contributed by atoms with Crippen LogP contribution in [0.15, 0.2) is 36.4 Å². The molecule has 2 aromatic rings. The second-order valence-electron chi connectivity index (χ2n) is 8.43. The Labute approximate surface area is 216 Å². The average Bonchev–Trinajstić information content (AvgIpc) is 3.56. The van der Waals surface area contributed by atoms with Gasteiger partial charge in [-0.1, -0.05) is 18.2 Å². The third-order valence-corrected chi connectivity index (χ3v) is 5.77. The first-order chi connectivity index (χ1) is 18.2. The van der Waals surface area contributed by atoms with Gasteiger partial charge in [0.05, 0.1) is 5.69 Å². The summed E-state index contributed by atoms with van der Waals surface area (Å²) in [6.45, 7) is -1.02. The molecule has 0 radical (unpaired) electrons. The van der Waals surface area contributed by atoms with Crippen LogP contribution in [0.2, 0.25) is 0 Å². The van der Waals surface area contributed by atoms with E-state index in [-0.39, 0.29) is 24.5 Å². The molecular weight excluding hydrogens is 505 g/mol. The number of aromatic nitrogens is 2. The second-order valence-corrected chi connectivity index (χ2v) is 8.43. The summed E-state index contributed by atoms with van der Waals surface area (Å²) in [5.41, 5.74) is 0.266. The number of ether oxygens (including phenoxy) is 1. The minimum absolute atomic E-state index is 0.00439. The first-order valence-electron chi connectivity index (χ1n) is 11.9. The molecule has 2 atom stereocenters. The molecule has 0 bridgehead atoms. The van der Waals surface area contributed by atoms with Gasteiger partial charge in [-0.3, -0.25) is 19.2 Å². The normalized spacial score (nSPS) is 15.5. The van der Waals surface area contributed by atoms with Crippen LogP contribution < -0.4 is 15.4 Å². The maximum atomic E-state index is 12.9. The van der Waals surface area contributed by atoms with E-state index in [0.29, 0.717) is 25.1 Å². The largest absolute Gasteiger partial charge is 0.481 e. The maximum absolute atomic E-state index is 12.9. The zero-order valence-corrected chi connectivity index (χ0v) is 20.3. The van der Waals surface area contributed by atoms with E-state index in [4.69, 9.17) is 9.84 Å². The van der Waals surface area contributed by atoms with E-state index in [2.05, 4.69) is 15.7 Å². The summed E-state index contributed by atoms with van der Waals surface area (Å²) in [6, 6.07) is 7.54. The zero-order chi connectivity index (χ0) is 27.7. The Balaban J connectivity index is 1.76. The molecule has 1 saturated heterocycles. The summed E-state index contributed by atoms with van der Waals surface area (Å²) in [5, 5.41) is 27.0. The molecule has 1 aromatic carbocycles. The number of nitrogens with zero attached hydrogens (tertiary/aromatic N) is 3. The van der Waals surface area contributed by atoms with Gasteiger partial charge in [-0.25, -0.2) is 13.9 Å². The Morgan fingerprint density at radius 1 is 1.16 bits per heavy atom. The fraction of sp³-hybridized carbons (Fsp3) is 0.417. The van der Waals surface area contributed by atoms with Gasteiger partial charge < -0.3 is 30.5 Å². The van der Waals surface area contributed by atoms with Crippen LogP contribution in [0.5, 0.6) is 5.88 Å². The van der Waals surface area contributed by atoms with Crippen molar-refractivity contribution >= 4 is 29.7 Å². The number of para-hydroxylation sites is 1. The van der Waals surface area contributed by atoms with Crippen LogP contribution in [0.4, 0.5) is 4.39 Å². The first kappa shape index (κ1) is 28.1. The number of nitrogens with one attached hydrogen (secondary N) is 2. The Morgan fingerprint density at radius 3 is 2.55 bits per heavy atom. The van der Waals surface area contributed by atoms with Crippen LogP contribution in [0, 0.1) is 0 Å². The lowest BCUT2D eigenvalue weighted by atomic mass is 10.1. The molecule has 0 aliphatic carbocycles. The summed E-state index contributed by atoms with van der Waals surface area (Å²) < 4.78 is 19.4. The molecule has 204 valence electrons. The van der Waals surface area contributed by atoms with E-state index in [1.807, 2.05) is 0 Å². The number of amides is 3. The number of likely N-dealkylation sites (tertiary alicyclic amines) is 1. The van der Waals surface area contributed by atoms with Crippen LogP contribution in [0.25, 0.3) is 5.69 Å². The Bertz CT molecular complexity index is 1170. The fourth-order valence-electron chi connectivity index (χ4n) is 3.93. The predicted octanol–water partition coefficient (Wildman–Crippen LogP) is 0.376. The third-order valence-electron chi connectivity index (χ3n) is 5.77. The topological polar surface area (TPSA) is 180 Å². The number of carbonyl (C=O) groups excluding carboxylic acids is 3. The van der Waals surface area contributed by atoms with Crippen LogP contribution in [-0.2, 0) is 19.2 Å². The Morgan fingerprint density at radius 2 is 1.89 bits per heavy atom. The maximum Gasteiger partial charge on any atom is 0.326 e. The predicted molar refractivity (Wildman–Crippen MR) is 129 cm³/mol. The van der Waals surface area contributed by atoms with Gasteiger partial charge in [-0.05, 0) is 31.4 Å². The number of benzene rings is 1. The van der Waals surface area contributed by atoms with Crippen molar-refractivity contribution in [2.45, 2.75) is 37.8 Å². The number of carbonyl (C=O) groups is 5. The monoisotopic (exact) mass is 533 g/mol. The van der Waals surface area contributed by atoms with Gasteiger partial charge in [0.1, 0.15) is 18.8 Å². The molecule has 3 amide bonds. The van der Waals surface area contributed by atoms with E-state index in [1.165, 1.54) is 15.6 Å². The third kappa shape index (κ3) is 7.27. The van der Waals surface area contributed by atoms with Gasteiger partial charge >= 0.3 is 11.9 Å². The molecule has 1 aromatic heterocycles. The van der Waals surface area contributed by atoms with Crippen LogP contribution >= 0.6 is 0 Å². The molecule has 13 nitrogen and oxygen atoms in total. The van der Waals surface area contributed by atoms with Crippen molar-refractivity contribution in [2.24, 2.45) is 0 Å². The molecule has 1 fully saturated rings. The average molecular weight is 534 g/mol. The van der Waals surface area contributed by atoms with Gasteiger partial charge in [0, 0.05) is 25.6 Å². The van der Waals surface area contributed by atoms with E-state index >= 15 is 0 Å². The standard InChI is InChI=1S/C24H28FN5O8/c25-10-11-26-23(35)18-7-4-12-29(18)19(31)14-38-20-13-17(28-30(20)15-5-2-1-3-6-15)22(34)27-16(24(36)37)8-9-21(32)33/h1-3,5-6,13,16,18H,4,7-12,14H2,(H,26,35)(H,27,34)(H,32,33)(H,36,37)/t16-,18-/m0/s1. The van der Waals surface area contributed by atoms with Crippen molar-refractivity contribution in [1.82, 2.24) is 25.3 Å². The fourth-order valence-corrected chi connectivity index (χ4v) is 3.93. The second kappa shape index (κ2) is 13.2. The van der Waals surface area contributed by atoms with Crippen molar-refractivity contribution in [2.75, 3.05) is 26.4 Å². The summed E-state index contributed by atoms with van der Waals surface area (Å²) in [6.07, 6.45) is 0.236. The van der Waals surface area contributed by atoms with Gasteiger partial charge in [-0.2, -0.15) is 5.10 Å². The first-order valence-corrected chi connectivity index (χ1v) is 11.9. The van der Waals surface area contributed by atoms with E-state index in [0.717, 1.165) is 0 Å². The van der Waals surface area contributed by atoms with Crippen molar-refractivity contribution in [3.63, 3.8) is 0 Å². The summed E-state index contributed by atoms with van der Waals surface area (Å²) >= 11 is 0. The molecule has 38 heavy (non-hydrogen) atoms. The number of halogens is 1.